The van der Waals surface area contributed by atoms with Crippen molar-refractivity contribution in [1.82, 2.24) is 0 Å². The lowest BCUT2D eigenvalue weighted by atomic mass is 9.68. The van der Waals surface area contributed by atoms with Crippen LogP contribution in [0.1, 0.15) is 41.5 Å². The maximum absolute atomic E-state index is 13.5. The lowest BCUT2D eigenvalue weighted by molar-refractivity contribution is -0.295. The van der Waals surface area contributed by atoms with E-state index in [1.807, 2.05) is 0 Å². The largest absolute Gasteiger partial charge is 0.421 e. The van der Waals surface area contributed by atoms with Gasteiger partial charge in [-0.05, 0) is 37.0 Å². The van der Waals surface area contributed by atoms with Crippen molar-refractivity contribution in [2.75, 3.05) is 0 Å². The molecular formula is C15H13F6NO. The second-order valence-corrected chi connectivity index (χ2v) is 5.66. The molecule has 0 heterocycles. The summed E-state index contributed by atoms with van der Waals surface area (Å²) in [4.78, 5) is 0. The van der Waals surface area contributed by atoms with Crippen molar-refractivity contribution in [3.63, 3.8) is 0 Å². The summed E-state index contributed by atoms with van der Waals surface area (Å²) in [5.41, 5.74) is -7.13. The van der Waals surface area contributed by atoms with Crippen LogP contribution in [0.5, 0.6) is 0 Å². The van der Waals surface area contributed by atoms with Crippen LogP contribution in [0.25, 0.3) is 0 Å². The first-order chi connectivity index (χ1) is 10.4. The monoisotopic (exact) mass is 337 g/mol. The number of hydrogen-bond acceptors (Lipinski definition) is 2. The second kappa shape index (κ2) is 5.41. The molecule has 0 aromatic heterocycles. The van der Waals surface area contributed by atoms with Crippen LogP contribution in [0.2, 0.25) is 0 Å². The number of hydrogen-bond donors (Lipinski definition) is 1. The molecule has 23 heavy (non-hydrogen) atoms. The van der Waals surface area contributed by atoms with Gasteiger partial charge in [-0.15, -0.1) is 0 Å². The molecule has 2 nitrogen and oxygen atoms in total. The molecule has 2 rings (SSSR count). The Morgan fingerprint density at radius 1 is 1.13 bits per heavy atom. The van der Waals surface area contributed by atoms with Gasteiger partial charge in [-0.3, -0.25) is 0 Å². The first kappa shape index (κ1) is 17.6. The Kier molecular flexibility index (Phi) is 4.14. The van der Waals surface area contributed by atoms with Gasteiger partial charge in [-0.1, -0.05) is 12.5 Å². The van der Waals surface area contributed by atoms with Crippen LogP contribution in [0.15, 0.2) is 12.1 Å². The van der Waals surface area contributed by atoms with Crippen LogP contribution in [0.4, 0.5) is 26.3 Å². The van der Waals surface area contributed by atoms with Gasteiger partial charge >= 0.3 is 12.4 Å². The van der Waals surface area contributed by atoms with Gasteiger partial charge in [0.15, 0.2) is 5.60 Å². The molecule has 1 aromatic carbocycles. The molecule has 0 aliphatic heterocycles. The Labute approximate surface area is 128 Å². The van der Waals surface area contributed by atoms with E-state index in [9.17, 15) is 31.4 Å². The SMILES string of the molecule is Cc1c(C(O)(C2CCC2)C(F)(F)F)ccc(C#N)c1C(F)(F)F. The van der Waals surface area contributed by atoms with Crippen molar-refractivity contribution >= 4 is 0 Å². The Balaban J connectivity index is 2.74. The average molecular weight is 337 g/mol. The minimum Gasteiger partial charge on any atom is -0.376 e. The lowest BCUT2D eigenvalue weighted by Crippen LogP contribution is -2.51. The zero-order valence-electron chi connectivity index (χ0n) is 12.0. The first-order valence-corrected chi connectivity index (χ1v) is 6.85. The zero-order valence-corrected chi connectivity index (χ0v) is 12.0. The van der Waals surface area contributed by atoms with Crippen molar-refractivity contribution in [2.45, 2.75) is 44.1 Å². The van der Waals surface area contributed by atoms with Crippen LogP contribution < -0.4 is 0 Å². The molecule has 0 bridgehead atoms. The minimum atomic E-state index is -5.11. The van der Waals surface area contributed by atoms with Crippen LogP contribution >= 0.6 is 0 Å². The van der Waals surface area contributed by atoms with E-state index in [-0.39, 0.29) is 12.8 Å². The third kappa shape index (κ3) is 2.67. The Bertz CT molecular complexity index is 654. The van der Waals surface area contributed by atoms with Gasteiger partial charge in [0, 0.05) is 5.92 Å². The number of nitriles is 1. The average Bonchev–Trinajstić information content (AvgIpc) is 2.32. The molecular weight excluding hydrogens is 324 g/mol. The van der Waals surface area contributed by atoms with E-state index in [0.29, 0.717) is 12.5 Å². The summed E-state index contributed by atoms with van der Waals surface area (Å²) in [5, 5.41) is 19.1. The molecule has 126 valence electrons. The fraction of sp³-hybridized carbons (Fsp3) is 0.533. The number of alkyl halides is 6. The number of halogens is 6. The van der Waals surface area contributed by atoms with Crippen LogP contribution in [0.3, 0.4) is 0 Å². The predicted octanol–water partition coefficient (Wildman–Crippen LogP) is 4.44. The van der Waals surface area contributed by atoms with Gasteiger partial charge in [0.2, 0.25) is 0 Å². The molecule has 1 atom stereocenters. The standard InChI is InChI=1S/C15H13F6NO/c1-8-11(6-5-9(7-22)12(8)14(16,17)18)13(23,15(19,20)21)10-3-2-4-10/h5-6,10,23H,2-4H2,1H3. The van der Waals surface area contributed by atoms with Gasteiger partial charge in [-0.2, -0.15) is 31.6 Å². The predicted molar refractivity (Wildman–Crippen MR) is 68.2 cm³/mol. The van der Waals surface area contributed by atoms with E-state index < -0.39 is 46.1 Å². The number of benzene rings is 1. The van der Waals surface area contributed by atoms with Crippen molar-refractivity contribution in [3.05, 3.63) is 34.4 Å². The number of rotatable bonds is 2. The highest BCUT2D eigenvalue weighted by Crippen LogP contribution is 2.53. The summed E-state index contributed by atoms with van der Waals surface area (Å²) in [7, 11) is 0. The van der Waals surface area contributed by atoms with Gasteiger partial charge in [0.05, 0.1) is 17.2 Å². The molecule has 1 aliphatic carbocycles. The number of aliphatic hydroxyl groups is 1. The zero-order chi connectivity index (χ0) is 17.6. The van der Waals surface area contributed by atoms with Gasteiger partial charge < -0.3 is 5.11 Å². The highest BCUT2D eigenvalue weighted by molar-refractivity contribution is 5.50. The lowest BCUT2D eigenvalue weighted by Gasteiger charge is -2.43. The Hall–Kier alpha value is -1.75. The van der Waals surface area contributed by atoms with E-state index in [2.05, 4.69) is 0 Å². The highest BCUT2D eigenvalue weighted by atomic mass is 19.4. The fourth-order valence-corrected chi connectivity index (χ4v) is 3.01. The van der Waals surface area contributed by atoms with Crippen molar-refractivity contribution in [2.24, 2.45) is 5.92 Å². The summed E-state index contributed by atoms with van der Waals surface area (Å²) in [5.74, 6) is -1.18. The summed E-state index contributed by atoms with van der Waals surface area (Å²) in [6.45, 7) is 0.856. The van der Waals surface area contributed by atoms with E-state index in [1.54, 1.807) is 0 Å². The van der Waals surface area contributed by atoms with Crippen LogP contribution in [-0.2, 0) is 11.8 Å². The summed E-state index contributed by atoms with van der Waals surface area (Å²) in [6.07, 6.45) is -9.46. The normalized spacial score (nSPS) is 18.9. The van der Waals surface area contributed by atoms with E-state index in [4.69, 9.17) is 5.26 Å². The first-order valence-electron chi connectivity index (χ1n) is 6.85. The third-order valence-electron chi connectivity index (χ3n) is 4.41. The molecule has 8 heteroatoms. The Morgan fingerprint density at radius 2 is 1.70 bits per heavy atom. The molecule has 0 radical (unpaired) electrons. The maximum atomic E-state index is 13.5. The molecule has 1 fully saturated rings. The molecule has 0 spiro atoms. The van der Waals surface area contributed by atoms with Gasteiger partial charge in [0.25, 0.3) is 0 Å². The van der Waals surface area contributed by atoms with Crippen molar-refractivity contribution in [3.8, 4) is 6.07 Å². The highest BCUT2D eigenvalue weighted by Gasteiger charge is 2.61. The summed E-state index contributed by atoms with van der Waals surface area (Å²) in [6, 6.07) is 2.79. The van der Waals surface area contributed by atoms with Crippen LogP contribution in [0, 0.1) is 24.2 Å². The second-order valence-electron chi connectivity index (χ2n) is 5.66. The maximum Gasteiger partial charge on any atom is 0.421 e. The Morgan fingerprint density at radius 3 is 2.04 bits per heavy atom. The van der Waals surface area contributed by atoms with E-state index >= 15 is 0 Å². The molecule has 1 N–H and O–H groups in total. The quantitative estimate of drug-likeness (QED) is 0.811. The summed E-state index contributed by atoms with van der Waals surface area (Å²) < 4.78 is 79.8. The molecule has 1 saturated carbocycles. The summed E-state index contributed by atoms with van der Waals surface area (Å²) >= 11 is 0. The van der Waals surface area contributed by atoms with Crippen molar-refractivity contribution in [1.29, 1.82) is 5.26 Å². The molecule has 0 amide bonds. The van der Waals surface area contributed by atoms with Gasteiger partial charge in [-0.25, -0.2) is 0 Å². The molecule has 1 aromatic rings. The fourth-order valence-electron chi connectivity index (χ4n) is 3.01. The van der Waals surface area contributed by atoms with E-state index in [0.717, 1.165) is 13.0 Å². The smallest absolute Gasteiger partial charge is 0.376 e. The van der Waals surface area contributed by atoms with Crippen LogP contribution in [-0.4, -0.2) is 11.3 Å². The van der Waals surface area contributed by atoms with Gasteiger partial charge in [0.1, 0.15) is 0 Å². The minimum absolute atomic E-state index is 0.0802. The third-order valence-corrected chi connectivity index (χ3v) is 4.41. The molecule has 1 unspecified atom stereocenters. The van der Waals surface area contributed by atoms with Crippen molar-refractivity contribution < 1.29 is 31.4 Å². The van der Waals surface area contributed by atoms with E-state index in [1.165, 1.54) is 6.07 Å². The molecule has 0 saturated heterocycles. The number of nitrogens with zero attached hydrogens (tertiary/aromatic N) is 1. The topological polar surface area (TPSA) is 44.0 Å². The molecule has 1 aliphatic rings.